The average molecular weight is 394 g/mol. The van der Waals surface area contributed by atoms with Crippen LogP contribution in [-0.4, -0.2) is 5.97 Å². The molecule has 2 aromatic rings. The average Bonchev–Trinajstić information content (AvgIpc) is 2.94. The molecule has 0 saturated carbocycles. The fourth-order valence-corrected chi connectivity index (χ4v) is 2.86. The van der Waals surface area contributed by atoms with Gasteiger partial charge in [-0.3, -0.25) is 4.79 Å². The van der Waals surface area contributed by atoms with Gasteiger partial charge in [-0.15, -0.1) is 0 Å². The number of carbonyl (C=O) groups excluding carboxylic acids is 1. The number of hydrogen-bond acceptors (Lipinski definition) is 3. The van der Waals surface area contributed by atoms with Crippen LogP contribution in [0.2, 0.25) is 0 Å². The van der Waals surface area contributed by atoms with Crippen LogP contribution in [0.25, 0.3) is 0 Å². The molecule has 0 spiro atoms. The lowest BCUT2D eigenvalue weighted by Crippen LogP contribution is -2.00. The van der Waals surface area contributed by atoms with E-state index in [2.05, 4.69) is 34.7 Å². The van der Waals surface area contributed by atoms with Crippen molar-refractivity contribution < 1.29 is 14.3 Å². The molecule has 4 heteroatoms. The number of rotatable bonds is 4. The Balaban J connectivity index is 1.62. The van der Waals surface area contributed by atoms with Crippen molar-refractivity contribution in [1.82, 2.24) is 0 Å². The predicted molar refractivity (Wildman–Crippen MR) is 88.0 cm³/mol. The molecule has 1 heterocycles. The van der Waals surface area contributed by atoms with E-state index < -0.39 is 0 Å². The Labute approximate surface area is 137 Å². The maximum absolute atomic E-state index is 11.1. The highest BCUT2D eigenvalue weighted by Gasteiger charge is 2.24. The molecule has 108 valence electrons. The van der Waals surface area contributed by atoms with Gasteiger partial charge in [0.15, 0.2) is 0 Å². The van der Waals surface area contributed by atoms with Gasteiger partial charge in [0.2, 0.25) is 0 Å². The van der Waals surface area contributed by atoms with Crippen LogP contribution in [0.4, 0.5) is 0 Å². The molecule has 3 rings (SSSR count). The summed E-state index contributed by atoms with van der Waals surface area (Å²) in [6, 6.07) is 15.9. The van der Waals surface area contributed by atoms with Crippen LogP contribution in [0, 0.1) is 3.57 Å². The van der Waals surface area contributed by atoms with Crippen molar-refractivity contribution in [1.29, 1.82) is 0 Å². The van der Waals surface area contributed by atoms with Crippen LogP contribution < -0.4 is 4.74 Å². The highest BCUT2D eigenvalue weighted by atomic mass is 127. The molecule has 0 radical (unpaired) electrons. The minimum absolute atomic E-state index is 0.0957. The first-order valence-corrected chi connectivity index (χ1v) is 7.96. The van der Waals surface area contributed by atoms with Gasteiger partial charge in [-0.05, 0) is 52.8 Å². The Kier molecular flexibility index (Phi) is 4.43. The summed E-state index contributed by atoms with van der Waals surface area (Å²) < 4.78 is 12.2. The molecule has 0 bridgehead atoms. The second-order valence-corrected chi connectivity index (χ2v) is 6.13. The van der Waals surface area contributed by atoms with E-state index in [0.29, 0.717) is 13.0 Å². The molecule has 3 nitrogen and oxygen atoms in total. The molecule has 1 fully saturated rings. The minimum atomic E-state index is -0.112. The highest BCUT2D eigenvalue weighted by molar-refractivity contribution is 14.1. The van der Waals surface area contributed by atoms with Gasteiger partial charge in [0.05, 0.1) is 0 Å². The van der Waals surface area contributed by atoms with Gasteiger partial charge in [0.1, 0.15) is 18.5 Å². The zero-order chi connectivity index (χ0) is 14.7. The molecule has 0 unspecified atom stereocenters. The van der Waals surface area contributed by atoms with Crippen LogP contribution in [0.3, 0.4) is 0 Å². The molecule has 0 aliphatic carbocycles. The van der Waals surface area contributed by atoms with E-state index in [0.717, 1.165) is 17.7 Å². The maximum atomic E-state index is 11.1. The molecular formula is C17H15IO3. The Morgan fingerprint density at radius 1 is 1.14 bits per heavy atom. The molecule has 21 heavy (non-hydrogen) atoms. The smallest absolute Gasteiger partial charge is 0.306 e. The highest BCUT2D eigenvalue weighted by Crippen LogP contribution is 2.30. The Morgan fingerprint density at radius 3 is 2.57 bits per heavy atom. The van der Waals surface area contributed by atoms with Crippen molar-refractivity contribution in [2.45, 2.75) is 25.6 Å². The van der Waals surface area contributed by atoms with Crippen LogP contribution in [0.15, 0.2) is 48.5 Å². The standard InChI is InChI=1S/C17H15IO3/c18-15-4-2-1-3-13(15)11-20-14-7-5-12(6-8-14)16-9-10-17(19)21-16/h1-8,16H,9-11H2/t16-/m0/s1. The van der Waals surface area contributed by atoms with Crippen molar-refractivity contribution in [2.24, 2.45) is 0 Å². The Morgan fingerprint density at radius 2 is 1.90 bits per heavy atom. The first-order valence-electron chi connectivity index (χ1n) is 6.88. The Hall–Kier alpha value is -1.56. The topological polar surface area (TPSA) is 35.5 Å². The zero-order valence-corrected chi connectivity index (χ0v) is 13.6. The summed E-state index contributed by atoms with van der Waals surface area (Å²) in [7, 11) is 0. The molecule has 0 amide bonds. The van der Waals surface area contributed by atoms with Gasteiger partial charge in [-0.25, -0.2) is 0 Å². The number of halogens is 1. The van der Waals surface area contributed by atoms with Gasteiger partial charge in [-0.1, -0.05) is 30.3 Å². The summed E-state index contributed by atoms with van der Waals surface area (Å²) >= 11 is 2.31. The predicted octanol–water partition coefficient (Wildman–Crippen LogP) is 4.25. The van der Waals surface area contributed by atoms with E-state index in [9.17, 15) is 4.79 Å². The summed E-state index contributed by atoms with van der Waals surface area (Å²) in [4.78, 5) is 11.1. The van der Waals surface area contributed by atoms with E-state index in [1.165, 1.54) is 9.13 Å². The molecular weight excluding hydrogens is 379 g/mol. The summed E-state index contributed by atoms with van der Waals surface area (Å²) in [6.45, 7) is 0.552. The third-order valence-corrected chi connectivity index (χ3v) is 4.54. The molecule has 1 saturated heterocycles. The number of carbonyl (C=O) groups is 1. The SMILES string of the molecule is O=C1CC[C@@H](c2ccc(OCc3ccccc3I)cc2)O1. The van der Waals surface area contributed by atoms with E-state index in [1.54, 1.807) is 0 Å². The van der Waals surface area contributed by atoms with Gasteiger partial charge >= 0.3 is 5.97 Å². The van der Waals surface area contributed by atoms with Gasteiger partial charge < -0.3 is 9.47 Å². The van der Waals surface area contributed by atoms with E-state index in [1.807, 2.05) is 36.4 Å². The van der Waals surface area contributed by atoms with E-state index in [4.69, 9.17) is 9.47 Å². The molecule has 1 atom stereocenters. The van der Waals surface area contributed by atoms with E-state index >= 15 is 0 Å². The third kappa shape index (κ3) is 3.56. The fourth-order valence-electron chi connectivity index (χ4n) is 2.32. The first-order chi connectivity index (χ1) is 10.2. The van der Waals surface area contributed by atoms with Gasteiger partial charge in [0.25, 0.3) is 0 Å². The van der Waals surface area contributed by atoms with Crippen molar-refractivity contribution in [3.8, 4) is 5.75 Å². The number of ether oxygens (including phenoxy) is 2. The van der Waals surface area contributed by atoms with Gasteiger partial charge in [-0.2, -0.15) is 0 Å². The quantitative estimate of drug-likeness (QED) is 0.575. The van der Waals surface area contributed by atoms with Crippen molar-refractivity contribution in [3.63, 3.8) is 0 Å². The fraction of sp³-hybridized carbons (Fsp3) is 0.235. The van der Waals surface area contributed by atoms with Crippen LogP contribution in [0.5, 0.6) is 5.75 Å². The number of benzene rings is 2. The van der Waals surface area contributed by atoms with Crippen molar-refractivity contribution >= 4 is 28.6 Å². The second kappa shape index (κ2) is 6.47. The molecule has 2 aromatic carbocycles. The lowest BCUT2D eigenvalue weighted by Gasteiger charge is -2.11. The normalized spacial score (nSPS) is 17.6. The second-order valence-electron chi connectivity index (χ2n) is 4.97. The summed E-state index contributed by atoms with van der Waals surface area (Å²) in [6.07, 6.45) is 1.18. The van der Waals surface area contributed by atoms with Crippen LogP contribution in [0.1, 0.15) is 30.1 Å². The molecule has 1 aliphatic heterocycles. The lowest BCUT2D eigenvalue weighted by atomic mass is 10.1. The molecule has 1 aliphatic rings. The molecule has 0 aromatic heterocycles. The van der Waals surface area contributed by atoms with E-state index in [-0.39, 0.29) is 12.1 Å². The number of hydrogen-bond donors (Lipinski definition) is 0. The summed E-state index contributed by atoms with van der Waals surface area (Å²) in [5, 5.41) is 0. The summed E-state index contributed by atoms with van der Waals surface area (Å²) in [5.41, 5.74) is 2.20. The first kappa shape index (κ1) is 14.4. The lowest BCUT2D eigenvalue weighted by molar-refractivity contribution is -0.141. The van der Waals surface area contributed by atoms with Crippen molar-refractivity contribution in [2.75, 3.05) is 0 Å². The largest absolute Gasteiger partial charge is 0.489 e. The van der Waals surface area contributed by atoms with Crippen LogP contribution >= 0.6 is 22.6 Å². The van der Waals surface area contributed by atoms with Crippen LogP contribution in [-0.2, 0) is 16.1 Å². The molecule has 0 N–H and O–H groups in total. The monoisotopic (exact) mass is 394 g/mol. The van der Waals surface area contributed by atoms with Crippen molar-refractivity contribution in [3.05, 3.63) is 63.2 Å². The maximum Gasteiger partial charge on any atom is 0.306 e. The van der Waals surface area contributed by atoms with Gasteiger partial charge in [0, 0.05) is 15.6 Å². The Bertz CT molecular complexity index is 637. The number of cyclic esters (lactones) is 1. The number of esters is 1. The summed E-state index contributed by atoms with van der Waals surface area (Å²) in [5.74, 6) is 0.710. The zero-order valence-electron chi connectivity index (χ0n) is 11.4. The minimum Gasteiger partial charge on any atom is -0.489 e. The third-order valence-electron chi connectivity index (χ3n) is 3.49.